The SMILES string of the molecule is COc1ccccc1C(CNC(=O)CC(C)(C)C)N(C)C. The predicted molar refractivity (Wildman–Crippen MR) is 86.5 cm³/mol. The Hall–Kier alpha value is -1.55. The lowest BCUT2D eigenvalue weighted by atomic mass is 9.92. The number of nitrogens with zero attached hydrogens (tertiary/aromatic N) is 1. The average molecular weight is 292 g/mol. The lowest BCUT2D eigenvalue weighted by Crippen LogP contribution is -2.36. The fraction of sp³-hybridized carbons (Fsp3) is 0.588. The molecule has 0 heterocycles. The molecule has 0 saturated heterocycles. The number of amides is 1. The molecule has 0 spiro atoms. The number of methoxy groups -OCH3 is 1. The van der Waals surface area contributed by atoms with Gasteiger partial charge in [-0.3, -0.25) is 4.79 Å². The number of carbonyl (C=O) groups excluding carboxylic acids is 1. The van der Waals surface area contributed by atoms with Gasteiger partial charge in [-0.1, -0.05) is 39.0 Å². The number of benzene rings is 1. The summed E-state index contributed by atoms with van der Waals surface area (Å²) in [6.45, 7) is 6.77. The molecule has 0 aromatic heterocycles. The molecule has 0 aliphatic heterocycles. The molecule has 4 heteroatoms. The maximum absolute atomic E-state index is 12.0. The molecule has 1 atom stereocenters. The van der Waals surface area contributed by atoms with Crippen LogP contribution in [0.1, 0.15) is 38.8 Å². The van der Waals surface area contributed by atoms with E-state index in [0.29, 0.717) is 13.0 Å². The van der Waals surface area contributed by atoms with E-state index in [0.717, 1.165) is 11.3 Å². The maximum Gasteiger partial charge on any atom is 0.220 e. The van der Waals surface area contributed by atoms with Crippen LogP contribution in [0.3, 0.4) is 0 Å². The minimum atomic E-state index is 0.00212. The number of carbonyl (C=O) groups is 1. The first kappa shape index (κ1) is 17.5. The van der Waals surface area contributed by atoms with Gasteiger partial charge in [-0.2, -0.15) is 0 Å². The third-order valence-corrected chi connectivity index (χ3v) is 3.30. The zero-order valence-electron chi connectivity index (χ0n) is 14.1. The Morgan fingerprint density at radius 1 is 1.29 bits per heavy atom. The topological polar surface area (TPSA) is 41.6 Å². The fourth-order valence-corrected chi connectivity index (χ4v) is 2.27. The first-order valence-corrected chi connectivity index (χ1v) is 7.30. The van der Waals surface area contributed by atoms with Crippen molar-refractivity contribution in [2.24, 2.45) is 5.41 Å². The van der Waals surface area contributed by atoms with Crippen LogP contribution in [-0.2, 0) is 4.79 Å². The molecule has 21 heavy (non-hydrogen) atoms. The lowest BCUT2D eigenvalue weighted by Gasteiger charge is -2.27. The molecule has 0 saturated carbocycles. The Morgan fingerprint density at radius 3 is 2.43 bits per heavy atom. The summed E-state index contributed by atoms with van der Waals surface area (Å²) in [5.41, 5.74) is 1.09. The summed E-state index contributed by atoms with van der Waals surface area (Å²) in [5.74, 6) is 0.936. The van der Waals surface area contributed by atoms with Crippen molar-refractivity contribution in [3.8, 4) is 5.75 Å². The van der Waals surface area contributed by atoms with Crippen molar-refractivity contribution in [3.05, 3.63) is 29.8 Å². The van der Waals surface area contributed by atoms with Crippen molar-refractivity contribution >= 4 is 5.91 Å². The van der Waals surface area contributed by atoms with Crippen molar-refractivity contribution in [3.63, 3.8) is 0 Å². The predicted octanol–water partition coefficient (Wildman–Crippen LogP) is 2.85. The van der Waals surface area contributed by atoms with E-state index in [1.165, 1.54) is 0 Å². The minimum Gasteiger partial charge on any atom is -0.496 e. The Kier molecular flexibility index (Phi) is 6.21. The molecule has 0 radical (unpaired) electrons. The van der Waals surface area contributed by atoms with Crippen LogP contribution in [0.4, 0.5) is 0 Å². The average Bonchev–Trinajstić information content (AvgIpc) is 2.37. The molecule has 1 unspecified atom stereocenters. The molecule has 0 aliphatic rings. The van der Waals surface area contributed by atoms with Gasteiger partial charge in [0.15, 0.2) is 0 Å². The van der Waals surface area contributed by atoms with Gasteiger partial charge in [-0.05, 0) is 25.6 Å². The van der Waals surface area contributed by atoms with Crippen LogP contribution < -0.4 is 10.1 Å². The van der Waals surface area contributed by atoms with Crippen molar-refractivity contribution in [1.82, 2.24) is 10.2 Å². The molecule has 1 amide bonds. The number of para-hydroxylation sites is 1. The van der Waals surface area contributed by atoms with Crippen LogP contribution in [0.2, 0.25) is 0 Å². The first-order valence-electron chi connectivity index (χ1n) is 7.30. The van der Waals surface area contributed by atoms with E-state index in [9.17, 15) is 4.79 Å². The summed E-state index contributed by atoms with van der Waals surface area (Å²) < 4.78 is 5.42. The molecule has 1 aromatic rings. The van der Waals surface area contributed by atoms with Crippen molar-refractivity contribution in [2.45, 2.75) is 33.2 Å². The summed E-state index contributed by atoms with van der Waals surface area (Å²) in [6.07, 6.45) is 0.527. The van der Waals surface area contributed by atoms with Crippen LogP contribution >= 0.6 is 0 Å². The number of rotatable bonds is 6. The maximum atomic E-state index is 12.0. The highest BCUT2D eigenvalue weighted by Gasteiger charge is 2.21. The molecule has 0 bridgehead atoms. The van der Waals surface area contributed by atoms with Gasteiger partial charge < -0.3 is 15.0 Å². The van der Waals surface area contributed by atoms with E-state index >= 15 is 0 Å². The highest BCUT2D eigenvalue weighted by molar-refractivity contribution is 5.76. The van der Waals surface area contributed by atoms with Crippen LogP contribution in [0, 0.1) is 5.41 Å². The van der Waals surface area contributed by atoms with Gasteiger partial charge in [0.25, 0.3) is 0 Å². The molecule has 1 rings (SSSR count). The normalized spacial score (nSPS) is 13.1. The summed E-state index contributed by atoms with van der Waals surface area (Å²) in [5, 5.41) is 3.03. The number of likely N-dealkylation sites (N-methyl/N-ethyl adjacent to an activating group) is 1. The molecule has 1 aromatic carbocycles. The molecule has 0 aliphatic carbocycles. The van der Waals surface area contributed by atoms with E-state index in [4.69, 9.17) is 4.74 Å². The minimum absolute atomic E-state index is 0.00212. The second kappa shape index (κ2) is 7.46. The number of nitrogens with one attached hydrogen (secondary N) is 1. The molecular formula is C17H28N2O2. The van der Waals surface area contributed by atoms with E-state index in [1.807, 2.05) is 38.4 Å². The molecule has 118 valence electrons. The van der Waals surface area contributed by atoms with Crippen molar-refractivity contribution in [2.75, 3.05) is 27.7 Å². The first-order chi connectivity index (χ1) is 9.74. The van der Waals surface area contributed by atoms with Crippen molar-refractivity contribution in [1.29, 1.82) is 0 Å². The summed E-state index contributed by atoms with van der Waals surface area (Å²) in [4.78, 5) is 14.1. The zero-order valence-corrected chi connectivity index (χ0v) is 14.1. The fourth-order valence-electron chi connectivity index (χ4n) is 2.27. The second-order valence-corrected chi connectivity index (χ2v) is 6.76. The summed E-state index contributed by atoms with van der Waals surface area (Å²) >= 11 is 0. The lowest BCUT2D eigenvalue weighted by molar-refractivity contribution is -0.123. The molecule has 0 fully saturated rings. The van der Waals surface area contributed by atoms with Gasteiger partial charge in [0.1, 0.15) is 5.75 Å². The number of hydrogen-bond donors (Lipinski definition) is 1. The Morgan fingerprint density at radius 2 is 1.90 bits per heavy atom. The Bertz CT molecular complexity index is 464. The van der Waals surface area contributed by atoms with Crippen LogP contribution in [0.5, 0.6) is 5.75 Å². The third kappa shape index (κ3) is 5.76. The van der Waals surface area contributed by atoms with Gasteiger partial charge in [-0.25, -0.2) is 0 Å². The van der Waals surface area contributed by atoms with E-state index in [2.05, 4.69) is 31.0 Å². The van der Waals surface area contributed by atoms with Crippen molar-refractivity contribution < 1.29 is 9.53 Å². The highest BCUT2D eigenvalue weighted by Crippen LogP contribution is 2.27. The third-order valence-electron chi connectivity index (χ3n) is 3.30. The Balaban J connectivity index is 2.77. The van der Waals surface area contributed by atoms with E-state index in [-0.39, 0.29) is 17.4 Å². The van der Waals surface area contributed by atoms with Gasteiger partial charge >= 0.3 is 0 Å². The van der Waals surface area contributed by atoms with Gasteiger partial charge in [0.05, 0.1) is 13.2 Å². The van der Waals surface area contributed by atoms with Crippen LogP contribution in [-0.4, -0.2) is 38.6 Å². The number of ether oxygens (including phenoxy) is 1. The largest absolute Gasteiger partial charge is 0.496 e. The molecule has 1 N–H and O–H groups in total. The van der Waals surface area contributed by atoms with Crippen LogP contribution in [0.15, 0.2) is 24.3 Å². The van der Waals surface area contributed by atoms with E-state index < -0.39 is 0 Å². The number of hydrogen-bond acceptors (Lipinski definition) is 3. The highest BCUT2D eigenvalue weighted by atomic mass is 16.5. The van der Waals surface area contributed by atoms with Gasteiger partial charge in [0, 0.05) is 18.5 Å². The molecule has 4 nitrogen and oxygen atoms in total. The monoisotopic (exact) mass is 292 g/mol. The summed E-state index contributed by atoms with van der Waals surface area (Å²) in [7, 11) is 5.68. The Labute approximate surface area is 128 Å². The second-order valence-electron chi connectivity index (χ2n) is 6.76. The standard InChI is InChI=1S/C17H28N2O2/c1-17(2,3)11-16(20)18-12-14(19(4)5)13-9-7-8-10-15(13)21-6/h7-10,14H,11-12H2,1-6H3,(H,18,20). The smallest absolute Gasteiger partial charge is 0.220 e. The quantitative estimate of drug-likeness (QED) is 0.876. The van der Waals surface area contributed by atoms with E-state index in [1.54, 1.807) is 7.11 Å². The summed E-state index contributed by atoms with van der Waals surface area (Å²) in [6, 6.07) is 8.02. The van der Waals surface area contributed by atoms with Gasteiger partial charge in [0.2, 0.25) is 5.91 Å². The van der Waals surface area contributed by atoms with Crippen LogP contribution in [0.25, 0.3) is 0 Å². The molecular weight excluding hydrogens is 264 g/mol. The van der Waals surface area contributed by atoms with Gasteiger partial charge in [-0.15, -0.1) is 0 Å². The zero-order chi connectivity index (χ0) is 16.0.